The molecular weight excluding hydrogens is 306 g/mol. The van der Waals surface area contributed by atoms with Crippen molar-refractivity contribution in [2.75, 3.05) is 26.2 Å². The van der Waals surface area contributed by atoms with Crippen molar-refractivity contribution in [2.45, 2.75) is 13.5 Å². The Morgan fingerprint density at radius 2 is 2.08 bits per heavy atom. The van der Waals surface area contributed by atoms with Gasteiger partial charge in [-0.3, -0.25) is 9.69 Å². The second-order valence-electron chi connectivity index (χ2n) is 6.05. The number of fused-ring (bicyclic) bond motifs is 1. The molecule has 1 aliphatic heterocycles. The Morgan fingerprint density at radius 3 is 2.83 bits per heavy atom. The maximum Gasteiger partial charge on any atom is 0.256 e. The van der Waals surface area contributed by atoms with Gasteiger partial charge in [-0.15, -0.1) is 0 Å². The predicted molar refractivity (Wildman–Crippen MR) is 88.5 cm³/mol. The Balaban J connectivity index is 1.42. The smallest absolute Gasteiger partial charge is 0.256 e. The van der Waals surface area contributed by atoms with Crippen LogP contribution in [0.4, 0.5) is 0 Å². The number of carbonyl (C=O) groups excluding carboxylic acids is 1. The van der Waals surface area contributed by atoms with E-state index in [2.05, 4.69) is 20.0 Å². The summed E-state index contributed by atoms with van der Waals surface area (Å²) in [4.78, 5) is 24.4. The Bertz CT molecular complexity index is 861. The predicted octanol–water partition coefficient (Wildman–Crippen LogP) is 1.82. The van der Waals surface area contributed by atoms with E-state index in [9.17, 15) is 4.79 Å². The first-order chi connectivity index (χ1) is 11.7. The fourth-order valence-electron chi connectivity index (χ4n) is 3.15. The summed E-state index contributed by atoms with van der Waals surface area (Å²) in [6.45, 7) is 5.46. The van der Waals surface area contributed by atoms with E-state index in [4.69, 9.17) is 4.52 Å². The van der Waals surface area contributed by atoms with Crippen molar-refractivity contribution in [2.24, 2.45) is 0 Å². The van der Waals surface area contributed by atoms with Crippen LogP contribution in [0.5, 0.6) is 0 Å². The molecule has 0 saturated carbocycles. The lowest BCUT2D eigenvalue weighted by molar-refractivity contribution is 0.0626. The van der Waals surface area contributed by atoms with Gasteiger partial charge in [0.2, 0.25) is 5.89 Å². The van der Waals surface area contributed by atoms with Gasteiger partial charge in [0, 0.05) is 44.7 Å². The average Bonchev–Trinajstić information content (AvgIpc) is 3.23. The topological polar surface area (TPSA) is 78.3 Å². The molecule has 1 amide bonds. The van der Waals surface area contributed by atoms with Crippen LogP contribution in [-0.4, -0.2) is 57.0 Å². The number of amides is 1. The highest BCUT2D eigenvalue weighted by Crippen LogP contribution is 2.19. The fraction of sp³-hybridized carbons (Fsp3) is 0.353. The zero-order valence-electron chi connectivity index (χ0n) is 13.5. The largest absolute Gasteiger partial charge is 0.361 e. The van der Waals surface area contributed by atoms with Crippen LogP contribution in [-0.2, 0) is 6.54 Å². The van der Waals surface area contributed by atoms with Gasteiger partial charge in [0.15, 0.2) is 5.82 Å². The molecule has 0 unspecified atom stereocenters. The molecule has 0 aliphatic carbocycles. The summed E-state index contributed by atoms with van der Waals surface area (Å²) < 4.78 is 5.00. The lowest BCUT2D eigenvalue weighted by atomic mass is 10.1. The number of H-pyrrole nitrogens is 1. The molecule has 0 spiro atoms. The van der Waals surface area contributed by atoms with E-state index in [-0.39, 0.29) is 5.91 Å². The Labute approximate surface area is 139 Å². The molecular formula is C17H19N5O2. The Kier molecular flexibility index (Phi) is 3.78. The number of aryl methyl sites for hydroxylation is 1. The SMILES string of the molecule is Cc1nc(CN2CCN(C(=O)c3cccc4cc[nH]c34)CC2)no1. The number of hydrogen-bond donors (Lipinski definition) is 1. The van der Waals surface area contributed by atoms with Crippen molar-refractivity contribution < 1.29 is 9.32 Å². The van der Waals surface area contributed by atoms with Gasteiger partial charge in [0.05, 0.1) is 17.6 Å². The number of nitrogens with zero attached hydrogens (tertiary/aromatic N) is 4. The molecule has 1 saturated heterocycles. The summed E-state index contributed by atoms with van der Waals surface area (Å²) in [5.41, 5.74) is 1.65. The van der Waals surface area contributed by atoms with Gasteiger partial charge in [-0.25, -0.2) is 0 Å². The van der Waals surface area contributed by atoms with Crippen LogP contribution in [0.3, 0.4) is 0 Å². The molecule has 4 rings (SSSR count). The highest BCUT2D eigenvalue weighted by atomic mass is 16.5. The molecule has 3 aromatic rings. The number of aromatic nitrogens is 3. The summed E-state index contributed by atoms with van der Waals surface area (Å²) in [6, 6.07) is 7.80. The van der Waals surface area contributed by atoms with Crippen LogP contribution in [0.15, 0.2) is 35.0 Å². The Morgan fingerprint density at radius 1 is 1.25 bits per heavy atom. The van der Waals surface area contributed by atoms with Crippen LogP contribution < -0.4 is 0 Å². The zero-order valence-corrected chi connectivity index (χ0v) is 13.5. The summed E-state index contributed by atoms with van der Waals surface area (Å²) in [5, 5.41) is 4.99. The van der Waals surface area contributed by atoms with Crippen molar-refractivity contribution in [3.05, 3.63) is 47.7 Å². The van der Waals surface area contributed by atoms with Gasteiger partial charge in [-0.2, -0.15) is 4.98 Å². The van der Waals surface area contributed by atoms with Crippen molar-refractivity contribution in [1.82, 2.24) is 24.9 Å². The third-order valence-corrected chi connectivity index (χ3v) is 4.41. The first-order valence-corrected chi connectivity index (χ1v) is 8.07. The maximum absolute atomic E-state index is 12.8. The monoisotopic (exact) mass is 325 g/mol. The molecule has 1 aromatic carbocycles. The summed E-state index contributed by atoms with van der Waals surface area (Å²) >= 11 is 0. The fourth-order valence-corrected chi connectivity index (χ4v) is 3.15. The zero-order chi connectivity index (χ0) is 16.5. The molecule has 0 bridgehead atoms. The standard InChI is InChI=1S/C17H19N5O2/c1-12-19-15(20-24-12)11-21-7-9-22(10-8-21)17(23)14-4-2-3-13-5-6-18-16(13)14/h2-6,18H,7-11H2,1H3. The number of hydrogen-bond acceptors (Lipinski definition) is 5. The van der Waals surface area contributed by atoms with Gasteiger partial charge in [-0.1, -0.05) is 17.3 Å². The lowest BCUT2D eigenvalue weighted by Gasteiger charge is -2.34. The van der Waals surface area contributed by atoms with E-state index in [0.29, 0.717) is 31.3 Å². The van der Waals surface area contributed by atoms with Crippen molar-refractivity contribution in [3.63, 3.8) is 0 Å². The minimum absolute atomic E-state index is 0.0816. The number of carbonyl (C=O) groups is 1. The number of piperazine rings is 1. The number of aromatic amines is 1. The minimum atomic E-state index is 0.0816. The molecule has 0 radical (unpaired) electrons. The van der Waals surface area contributed by atoms with Crippen LogP contribution >= 0.6 is 0 Å². The second kappa shape index (κ2) is 6.09. The highest BCUT2D eigenvalue weighted by Gasteiger charge is 2.24. The van der Waals surface area contributed by atoms with Crippen molar-refractivity contribution in [1.29, 1.82) is 0 Å². The van der Waals surface area contributed by atoms with Gasteiger partial charge < -0.3 is 14.4 Å². The average molecular weight is 325 g/mol. The van der Waals surface area contributed by atoms with E-state index < -0.39 is 0 Å². The number of rotatable bonds is 3. The number of para-hydroxylation sites is 1. The second-order valence-corrected chi connectivity index (χ2v) is 6.05. The molecule has 1 fully saturated rings. The van der Waals surface area contributed by atoms with E-state index in [1.165, 1.54) is 0 Å². The van der Waals surface area contributed by atoms with Crippen LogP contribution in [0, 0.1) is 6.92 Å². The third kappa shape index (κ3) is 2.78. The van der Waals surface area contributed by atoms with Crippen molar-refractivity contribution in [3.8, 4) is 0 Å². The first kappa shape index (κ1) is 14.9. The highest BCUT2D eigenvalue weighted by molar-refractivity contribution is 6.05. The van der Waals surface area contributed by atoms with Gasteiger partial charge in [0.25, 0.3) is 5.91 Å². The molecule has 124 valence electrons. The molecule has 1 aliphatic rings. The van der Waals surface area contributed by atoms with E-state index in [0.717, 1.165) is 29.6 Å². The summed E-state index contributed by atoms with van der Waals surface area (Å²) in [5.74, 6) is 1.36. The molecule has 3 heterocycles. The van der Waals surface area contributed by atoms with E-state index in [1.807, 2.05) is 35.4 Å². The van der Waals surface area contributed by atoms with Crippen LogP contribution in [0.2, 0.25) is 0 Å². The van der Waals surface area contributed by atoms with E-state index in [1.54, 1.807) is 6.92 Å². The third-order valence-electron chi connectivity index (χ3n) is 4.41. The molecule has 1 N–H and O–H groups in total. The van der Waals surface area contributed by atoms with E-state index >= 15 is 0 Å². The van der Waals surface area contributed by atoms with Crippen molar-refractivity contribution >= 4 is 16.8 Å². The van der Waals surface area contributed by atoms with Gasteiger partial charge >= 0.3 is 0 Å². The van der Waals surface area contributed by atoms with Gasteiger partial charge in [-0.05, 0) is 12.1 Å². The van der Waals surface area contributed by atoms with Gasteiger partial charge in [0.1, 0.15) is 0 Å². The summed E-state index contributed by atoms with van der Waals surface area (Å²) in [6.07, 6.45) is 1.87. The number of benzene rings is 1. The number of nitrogens with one attached hydrogen (secondary N) is 1. The maximum atomic E-state index is 12.8. The molecule has 7 heteroatoms. The van der Waals surface area contributed by atoms with Crippen LogP contribution in [0.25, 0.3) is 10.9 Å². The quantitative estimate of drug-likeness (QED) is 0.795. The molecule has 24 heavy (non-hydrogen) atoms. The normalized spacial score (nSPS) is 16.0. The molecule has 7 nitrogen and oxygen atoms in total. The minimum Gasteiger partial charge on any atom is -0.361 e. The Hall–Kier alpha value is -2.67. The summed E-state index contributed by atoms with van der Waals surface area (Å²) in [7, 11) is 0. The molecule has 2 aromatic heterocycles. The van der Waals surface area contributed by atoms with Crippen LogP contribution in [0.1, 0.15) is 22.1 Å². The molecule has 0 atom stereocenters. The lowest BCUT2D eigenvalue weighted by Crippen LogP contribution is -2.48. The first-order valence-electron chi connectivity index (χ1n) is 8.07.